The second-order valence-corrected chi connectivity index (χ2v) is 11.7. The summed E-state index contributed by atoms with van der Waals surface area (Å²) in [4.78, 5) is 44.3. The molecule has 0 spiro atoms. The highest BCUT2D eigenvalue weighted by molar-refractivity contribution is 8.76. The minimum absolute atomic E-state index is 0.143. The lowest BCUT2D eigenvalue weighted by Crippen LogP contribution is -2.62. The number of ether oxygens (including phenoxy) is 3. The second kappa shape index (κ2) is 21.8. The molecule has 1 rings (SSSR count). The molecule has 1 amide bonds. The third kappa shape index (κ3) is 19.5. The summed E-state index contributed by atoms with van der Waals surface area (Å²) in [5, 5.41) is 10.9. The minimum Gasteiger partial charge on any atom is -0.554 e. The summed E-state index contributed by atoms with van der Waals surface area (Å²) in [5.74, 6) is 0.644. The van der Waals surface area contributed by atoms with Crippen molar-refractivity contribution in [3.05, 3.63) is 35.9 Å². The van der Waals surface area contributed by atoms with Crippen molar-refractivity contribution in [1.29, 1.82) is 0 Å². The minimum atomic E-state index is -1.13. The van der Waals surface area contributed by atoms with Crippen LogP contribution in [0.4, 0.5) is 4.79 Å². The molecule has 1 aromatic rings. The van der Waals surface area contributed by atoms with Crippen LogP contribution in [0.5, 0.6) is 0 Å². The van der Waals surface area contributed by atoms with E-state index in [1.807, 2.05) is 30.3 Å². The van der Waals surface area contributed by atoms with Crippen molar-refractivity contribution in [2.75, 3.05) is 36.7 Å². The molecule has 0 saturated carbocycles. The number of benzene rings is 1. The first-order chi connectivity index (χ1) is 17.6. The van der Waals surface area contributed by atoms with Crippen molar-refractivity contribution in [2.45, 2.75) is 39.0 Å². The number of carbonyl (C=O) groups excluding carboxylic acids is 4. The number of carbonyl (C=O) groups is 4. The Hall–Kier alpha value is -2.29. The van der Waals surface area contributed by atoms with Crippen LogP contribution in [0.3, 0.4) is 0 Å². The maximum atomic E-state index is 12.8. The number of quaternary nitrogens is 1. The first kappa shape index (κ1) is 34.7. The predicted octanol–water partition coefficient (Wildman–Crippen LogP) is 0.150. The lowest BCUT2D eigenvalue weighted by Gasteiger charge is -2.17. The number of rotatable bonds is 16. The summed E-state index contributed by atoms with van der Waals surface area (Å²) >= 11 is 0. The second-order valence-electron chi connectivity index (χ2n) is 7.56. The van der Waals surface area contributed by atoms with E-state index in [1.165, 1.54) is 6.92 Å². The van der Waals surface area contributed by atoms with Gasteiger partial charge >= 0.3 is 12.1 Å². The van der Waals surface area contributed by atoms with Crippen LogP contribution in [0.25, 0.3) is 0 Å². The molecule has 0 aromatic heterocycles. The number of carboxylic acid groups (broad SMARTS) is 1. The fraction of sp³-hybridized carbons (Fsp3) is 0.565. The van der Waals surface area contributed by atoms with E-state index in [0.29, 0.717) is 17.9 Å². The Morgan fingerprint density at radius 1 is 1.16 bits per heavy atom. The Labute approximate surface area is 227 Å². The summed E-state index contributed by atoms with van der Waals surface area (Å²) < 4.78 is 25.6. The third-order valence-electron chi connectivity index (χ3n) is 4.39. The molecule has 2 unspecified atom stereocenters. The normalized spacial score (nSPS) is 13.5. The maximum Gasteiger partial charge on any atom is 0.511 e. The van der Waals surface area contributed by atoms with Crippen molar-refractivity contribution in [2.24, 2.45) is 5.92 Å². The number of esters is 1. The summed E-state index contributed by atoms with van der Waals surface area (Å²) in [7, 11) is 2.39. The van der Waals surface area contributed by atoms with Crippen LogP contribution in [0.1, 0.15) is 25.8 Å². The topological polar surface area (TPSA) is 176 Å². The van der Waals surface area contributed by atoms with Crippen molar-refractivity contribution in [1.82, 2.24) is 5.32 Å². The molecular weight excluding hydrogens is 544 g/mol. The highest BCUT2D eigenvalue weighted by Gasteiger charge is 2.22. The van der Waals surface area contributed by atoms with Gasteiger partial charge in [-0.05, 0) is 18.9 Å². The molecule has 0 heterocycles. The molecule has 11 nitrogen and oxygen atoms in total. The molecule has 0 aliphatic rings. The van der Waals surface area contributed by atoms with Crippen LogP contribution in [0.2, 0.25) is 0 Å². The standard InChI is InChI=1S/C22H34N2O7S3.CH2O2/c1-4-29-22(27)31-16(2)30-20(25)13-24-21(26)18(12-17-8-6-5-7-9-17)14-32-33-15-19(23)10-11-34(3)28;2-1-3/h5-9,16,18-19H,4,10-15,23H2,1-3H3,(H,24,26);1H,(H,2,3)/t16?,18-,19+,34?;/m1./s1. The van der Waals surface area contributed by atoms with Gasteiger partial charge in [0, 0.05) is 48.4 Å². The lowest BCUT2D eigenvalue weighted by molar-refractivity contribution is -0.412. The predicted molar refractivity (Wildman–Crippen MR) is 142 cm³/mol. The van der Waals surface area contributed by atoms with Crippen LogP contribution in [-0.4, -0.2) is 77.7 Å². The highest BCUT2D eigenvalue weighted by atomic mass is 33.1. The van der Waals surface area contributed by atoms with Gasteiger partial charge in [-0.25, -0.2) is 4.79 Å². The van der Waals surface area contributed by atoms with Gasteiger partial charge in [0.05, 0.1) is 24.3 Å². The van der Waals surface area contributed by atoms with Crippen molar-refractivity contribution in [3.63, 3.8) is 0 Å². The quantitative estimate of drug-likeness (QED) is 0.0895. The molecule has 37 heavy (non-hydrogen) atoms. The van der Waals surface area contributed by atoms with Crippen LogP contribution < -0.4 is 16.2 Å². The van der Waals surface area contributed by atoms with Crippen LogP contribution in [0.15, 0.2) is 30.3 Å². The van der Waals surface area contributed by atoms with Crippen LogP contribution in [0, 0.1) is 5.92 Å². The monoisotopic (exact) mass is 580 g/mol. The zero-order chi connectivity index (χ0) is 28.1. The molecule has 0 radical (unpaired) electrons. The molecule has 4 N–H and O–H groups in total. The molecule has 4 atom stereocenters. The van der Waals surface area contributed by atoms with Gasteiger partial charge in [0.2, 0.25) is 12.2 Å². The number of nitrogens with one attached hydrogen (secondary N) is 1. The van der Waals surface area contributed by atoms with Gasteiger partial charge in [-0.1, -0.05) is 51.9 Å². The Bertz CT molecular complexity index is 831. The molecule has 1 aromatic carbocycles. The number of amides is 1. The Morgan fingerprint density at radius 2 is 1.78 bits per heavy atom. The van der Waals surface area contributed by atoms with E-state index in [0.717, 1.165) is 17.7 Å². The van der Waals surface area contributed by atoms with Crippen LogP contribution >= 0.6 is 21.6 Å². The zero-order valence-electron chi connectivity index (χ0n) is 21.3. The van der Waals surface area contributed by atoms with Crippen LogP contribution in [-0.2, 0) is 45.8 Å². The van der Waals surface area contributed by atoms with E-state index in [4.69, 9.17) is 19.4 Å². The Morgan fingerprint density at radius 3 is 2.38 bits per heavy atom. The summed E-state index contributed by atoms with van der Waals surface area (Å²) in [5.41, 5.74) is 5.11. The van der Waals surface area contributed by atoms with Gasteiger partial charge in [-0.15, -0.1) is 0 Å². The van der Waals surface area contributed by atoms with Crippen molar-refractivity contribution < 1.29 is 48.4 Å². The van der Waals surface area contributed by atoms with E-state index < -0.39 is 35.7 Å². The smallest absolute Gasteiger partial charge is 0.511 e. The fourth-order valence-electron chi connectivity index (χ4n) is 2.66. The average molecular weight is 581 g/mol. The first-order valence-electron chi connectivity index (χ1n) is 11.4. The van der Waals surface area contributed by atoms with E-state index >= 15 is 0 Å². The van der Waals surface area contributed by atoms with E-state index in [-0.39, 0.29) is 31.0 Å². The molecule has 14 heteroatoms. The van der Waals surface area contributed by atoms with E-state index in [1.54, 1.807) is 34.8 Å². The highest BCUT2D eigenvalue weighted by Crippen LogP contribution is 2.26. The first-order valence-corrected chi connectivity index (χ1v) is 15.6. The summed E-state index contributed by atoms with van der Waals surface area (Å²) in [6.45, 7) is 2.32. The Balaban J connectivity index is 0.00000410. The SMILES string of the molecule is CCOC(=O)OC(C)OC(=O)CNC(=O)[C@@H](CSSC[C@@H]([NH3+])CCS(C)=O)Cc1ccccc1.O=C[O-]. The van der Waals surface area contributed by atoms with Crippen molar-refractivity contribution in [3.8, 4) is 0 Å². The van der Waals surface area contributed by atoms with Gasteiger partial charge in [0.1, 0.15) is 6.54 Å². The Kier molecular flexibility index (Phi) is 20.4. The van der Waals surface area contributed by atoms with Gasteiger partial charge in [0.15, 0.2) is 0 Å². The van der Waals surface area contributed by atoms with Gasteiger partial charge in [-0.3, -0.25) is 13.8 Å². The van der Waals surface area contributed by atoms with Crippen molar-refractivity contribution >= 4 is 56.9 Å². The van der Waals surface area contributed by atoms with Gasteiger partial charge in [-0.2, -0.15) is 0 Å². The summed E-state index contributed by atoms with van der Waals surface area (Å²) in [6.07, 6.45) is 0.948. The molecule has 0 aliphatic carbocycles. The molecular formula is C23H36N2O9S3. The lowest BCUT2D eigenvalue weighted by atomic mass is 10.0. The zero-order valence-corrected chi connectivity index (χ0v) is 23.7. The van der Waals surface area contributed by atoms with E-state index in [9.17, 15) is 18.6 Å². The number of hydrogen-bond donors (Lipinski definition) is 2. The molecule has 0 bridgehead atoms. The van der Waals surface area contributed by atoms with Gasteiger partial charge in [0.25, 0.3) is 0 Å². The summed E-state index contributed by atoms with van der Waals surface area (Å²) in [6, 6.07) is 9.85. The maximum absolute atomic E-state index is 12.8. The average Bonchev–Trinajstić information content (AvgIpc) is 2.84. The number of hydrogen-bond acceptors (Lipinski definition) is 11. The molecule has 0 saturated heterocycles. The fourth-order valence-corrected chi connectivity index (χ4v) is 5.96. The largest absolute Gasteiger partial charge is 0.554 e. The molecule has 210 valence electrons. The molecule has 0 fully saturated rings. The molecule has 0 aliphatic heterocycles. The van der Waals surface area contributed by atoms with E-state index in [2.05, 4.69) is 15.8 Å². The third-order valence-corrected chi connectivity index (χ3v) is 7.83. The van der Waals surface area contributed by atoms with Gasteiger partial charge < -0.3 is 35.2 Å².